The molecular weight excluding hydrogens is 290 g/mol. The first-order chi connectivity index (χ1) is 11.1. The van der Waals surface area contributed by atoms with Crippen molar-refractivity contribution in [3.05, 3.63) is 40.8 Å². The summed E-state index contributed by atoms with van der Waals surface area (Å²) in [6.07, 6.45) is 6.20. The summed E-state index contributed by atoms with van der Waals surface area (Å²) in [5.41, 5.74) is 3.33. The summed E-state index contributed by atoms with van der Waals surface area (Å²) in [6.45, 7) is 4.06. The molecule has 0 unspecified atom stereocenters. The summed E-state index contributed by atoms with van der Waals surface area (Å²) < 4.78 is 5.63. The molecule has 1 amide bonds. The average Bonchev–Trinajstić information content (AvgIpc) is 2.99. The maximum absolute atomic E-state index is 12.2. The first-order valence-corrected chi connectivity index (χ1v) is 8.31. The van der Waals surface area contributed by atoms with Crippen LogP contribution < -0.4 is 5.32 Å². The van der Waals surface area contributed by atoms with Crippen molar-refractivity contribution in [3.8, 4) is 0 Å². The molecule has 1 saturated carbocycles. The van der Waals surface area contributed by atoms with E-state index >= 15 is 0 Å². The molecule has 0 bridgehead atoms. The molecule has 3 rings (SSSR count). The van der Waals surface area contributed by atoms with Gasteiger partial charge in [0.15, 0.2) is 0 Å². The van der Waals surface area contributed by atoms with E-state index in [1.807, 2.05) is 26.0 Å². The van der Waals surface area contributed by atoms with Gasteiger partial charge in [-0.05, 0) is 37.8 Å². The maximum atomic E-state index is 12.2. The van der Waals surface area contributed by atoms with E-state index in [0.717, 1.165) is 24.0 Å². The smallest absolute Gasteiger partial charge is 0.322 e. The summed E-state index contributed by atoms with van der Waals surface area (Å²) in [6, 6.07) is 6.30. The van der Waals surface area contributed by atoms with Crippen molar-refractivity contribution in [2.45, 2.75) is 58.3 Å². The predicted molar refractivity (Wildman–Crippen MR) is 88.4 cm³/mol. The number of hydrogen-bond donors (Lipinski definition) is 1. The molecule has 1 aromatic carbocycles. The van der Waals surface area contributed by atoms with Gasteiger partial charge < -0.3 is 4.42 Å². The van der Waals surface area contributed by atoms with E-state index in [1.165, 1.54) is 24.8 Å². The lowest BCUT2D eigenvalue weighted by Gasteiger charge is -2.17. The lowest BCUT2D eigenvalue weighted by molar-refractivity contribution is -0.115. The van der Waals surface area contributed by atoms with Crippen LogP contribution >= 0.6 is 0 Å². The second kappa shape index (κ2) is 6.94. The summed E-state index contributed by atoms with van der Waals surface area (Å²) in [7, 11) is 0. The highest BCUT2D eigenvalue weighted by atomic mass is 16.4. The Kier molecular flexibility index (Phi) is 4.74. The number of rotatable bonds is 4. The summed E-state index contributed by atoms with van der Waals surface area (Å²) in [5.74, 6) is 0.878. The molecule has 0 aliphatic heterocycles. The van der Waals surface area contributed by atoms with E-state index in [2.05, 4.69) is 21.6 Å². The quantitative estimate of drug-likeness (QED) is 0.929. The molecule has 23 heavy (non-hydrogen) atoms. The van der Waals surface area contributed by atoms with E-state index in [4.69, 9.17) is 4.42 Å². The molecule has 0 atom stereocenters. The van der Waals surface area contributed by atoms with Crippen LogP contribution in [0.25, 0.3) is 0 Å². The molecule has 1 aromatic heterocycles. The SMILES string of the molecule is Cc1ccc(CC(=O)Nc2nnc(C3CCCCC3)o2)c(C)c1. The topological polar surface area (TPSA) is 68.0 Å². The van der Waals surface area contributed by atoms with Gasteiger partial charge in [0, 0.05) is 5.92 Å². The molecule has 122 valence electrons. The summed E-state index contributed by atoms with van der Waals surface area (Å²) in [4.78, 5) is 12.2. The molecule has 2 aromatic rings. The number of carbonyl (C=O) groups is 1. The van der Waals surface area contributed by atoms with Crippen LogP contribution in [0.1, 0.15) is 60.6 Å². The fourth-order valence-electron chi connectivity index (χ4n) is 3.18. The van der Waals surface area contributed by atoms with Crippen LogP contribution in [0.4, 0.5) is 6.01 Å². The lowest BCUT2D eigenvalue weighted by Crippen LogP contribution is -2.15. The van der Waals surface area contributed by atoms with Crippen LogP contribution in [0.2, 0.25) is 0 Å². The van der Waals surface area contributed by atoms with Crippen LogP contribution in [0, 0.1) is 13.8 Å². The zero-order valence-electron chi connectivity index (χ0n) is 13.8. The lowest BCUT2D eigenvalue weighted by atomic mass is 9.89. The van der Waals surface area contributed by atoms with Gasteiger partial charge in [-0.2, -0.15) is 0 Å². The molecule has 1 heterocycles. The minimum Gasteiger partial charge on any atom is -0.408 e. The minimum absolute atomic E-state index is 0.129. The number of anilines is 1. The molecule has 5 nitrogen and oxygen atoms in total. The third-order valence-corrected chi connectivity index (χ3v) is 4.49. The molecule has 1 fully saturated rings. The number of aryl methyl sites for hydroxylation is 2. The van der Waals surface area contributed by atoms with E-state index < -0.39 is 0 Å². The van der Waals surface area contributed by atoms with Gasteiger partial charge in [0.25, 0.3) is 0 Å². The van der Waals surface area contributed by atoms with Gasteiger partial charge in [-0.3, -0.25) is 10.1 Å². The maximum Gasteiger partial charge on any atom is 0.322 e. The molecule has 5 heteroatoms. The highest BCUT2D eigenvalue weighted by Gasteiger charge is 2.21. The van der Waals surface area contributed by atoms with E-state index in [-0.39, 0.29) is 11.9 Å². The zero-order valence-corrected chi connectivity index (χ0v) is 13.8. The second-order valence-electron chi connectivity index (χ2n) is 6.44. The van der Waals surface area contributed by atoms with E-state index in [0.29, 0.717) is 18.2 Å². The molecule has 1 aliphatic rings. The summed E-state index contributed by atoms with van der Waals surface area (Å²) >= 11 is 0. The molecule has 1 N–H and O–H groups in total. The number of nitrogens with zero attached hydrogens (tertiary/aromatic N) is 2. The van der Waals surface area contributed by atoms with Crippen LogP contribution in [-0.4, -0.2) is 16.1 Å². The summed E-state index contributed by atoms with van der Waals surface area (Å²) in [5, 5.41) is 10.8. The predicted octanol–water partition coefficient (Wildman–Crippen LogP) is 3.92. The van der Waals surface area contributed by atoms with E-state index in [1.54, 1.807) is 0 Å². The zero-order chi connectivity index (χ0) is 16.2. The highest BCUT2D eigenvalue weighted by Crippen LogP contribution is 2.32. The van der Waals surface area contributed by atoms with Crippen LogP contribution in [0.15, 0.2) is 22.6 Å². The molecule has 0 saturated heterocycles. The van der Waals surface area contributed by atoms with Crippen molar-refractivity contribution in [3.63, 3.8) is 0 Å². The second-order valence-corrected chi connectivity index (χ2v) is 6.44. The Morgan fingerprint density at radius 1 is 1.22 bits per heavy atom. The van der Waals surface area contributed by atoms with Crippen molar-refractivity contribution < 1.29 is 9.21 Å². The van der Waals surface area contributed by atoms with E-state index in [9.17, 15) is 4.79 Å². The van der Waals surface area contributed by atoms with Crippen LogP contribution in [0.5, 0.6) is 0 Å². The first kappa shape index (κ1) is 15.7. The normalized spacial score (nSPS) is 15.6. The first-order valence-electron chi connectivity index (χ1n) is 8.31. The molecule has 0 spiro atoms. The van der Waals surface area contributed by atoms with Crippen molar-refractivity contribution in [1.29, 1.82) is 0 Å². The van der Waals surface area contributed by atoms with Crippen LogP contribution in [-0.2, 0) is 11.2 Å². The van der Waals surface area contributed by atoms with Gasteiger partial charge in [0.2, 0.25) is 11.8 Å². The minimum atomic E-state index is -0.129. The Hall–Kier alpha value is -2.17. The standard InChI is InChI=1S/C18H23N3O2/c1-12-8-9-15(13(2)10-12)11-16(22)19-18-21-20-17(23-18)14-6-4-3-5-7-14/h8-10,14H,3-7,11H2,1-2H3,(H,19,21,22). The van der Waals surface area contributed by atoms with Crippen molar-refractivity contribution in [1.82, 2.24) is 10.2 Å². The molecule has 0 radical (unpaired) electrons. The number of hydrogen-bond acceptors (Lipinski definition) is 4. The Morgan fingerprint density at radius 2 is 2.00 bits per heavy atom. The Morgan fingerprint density at radius 3 is 2.74 bits per heavy atom. The fraction of sp³-hybridized carbons (Fsp3) is 0.500. The van der Waals surface area contributed by atoms with Gasteiger partial charge in [0.1, 0.15) is 0 Å². The third-order valence-electron chi connectivity index (χ3n) is 4.49. The average molecular weight is 313 g/mol. The number of aromatic nitrogens is 2. The highest BCUT2D eigenvalue weighted by molar-refractivity contribution is 5.90. The van der Waals surface area contributed by atoms with Gasteiger partial charge in [-0.1, -0.05) is 48.1 Å². The number of carbonyl (C=O) groups excluding carboxylic acids is 1. The number of amides is 1. The Bertz CT molecular complexity index is 687. The largest absolute Gasteiger partial charge is 0.408 e. The van der Waals surface area contributed by atoms with Crippen molar-refractivity contribution in [2.75, 3.05) is 5.32 Å². The van der Waals surface area contributed by atoms with Crippen LogP contribution in [0.3, 0.4) is 0 Å². The van der Waals surface area contributed by atoms with Crippen molar-refractivity contribution in [2.24, 2.45) is 0 Å². The Balaban J connectivity index is 1.60. The number of nitrogens with one attached hydrogen (secondary N) is 1. The van der Waals surface area contributed by atoms with Gasteiger partial charge >= 0.3 is 6.01 Å². The van der Waals surface area contributed by atoms with Gasteiger partial charge in [-0.25, -0.2) is 0 Å². The molecular formula is C18H23N3O2. The molecule has 1 aliphatic carbocycles. The fourth-order valence-corrected chi connectivity index (χ4v) is 3.18. The monoisotopic (exact) mass is 313 g/mol. The van der Waals surface area contributed by atoms with Crippen molar-refractivity contribution >= 4 is 11.9 Å². The van der Waals surface area contributed by atoms with Gasteiger partial charge in [0.05, 0.1) is 6.42 Å². The van der Waals surface area contributed by atoms with Gasteiger partial charge in [-0.15, -0.1) is 5.10 Å². The number of benzene rings is 1. The third kappa shape index (κ3) is 3.97. The Labute approximate surface area is 136 Å².